The van der Waals surface area contributed by atoms with Crippen LogP contribution in [0.15, 0.2) is 30.6 Å². The quantitative estimate of drug-likeness (QED) is 0.475. The summed E-state index contributed by atoms with van der Waals surface area (Å²) in [7, 11) is 0. The van der Waals surface area contributed by atoms with E-state index in [0.29, 0.717) is 12.1 Å². The standard InChI is InChI=1S/C19H23N7O5/c1-2-14-5-3-4-10-24(14)19-17(26(30)31)18(20-12-21-19)23-22-16(27)11-13-6-8-15(9-7-13)25(28)29/h6-9,12,14H,2-5,10-11H2,1H3,(H,22,27)(H,20,21,23). The third-order valence-electron chi connectivity index (χ3n) is 5.19. The van der Waals surface area contributed by atoms with Crippen LogP contribution in [0.5, 0.6) is 0 Å². The van der Waals surface area contributed by atoms with Crippen LogP contribution in [0.2, 0.25) is 0 Å². The Kier molecular flexibility index (Phi) is 6.90. The van der Waals surface area contributed by atoms with Crippen molar-refractivity contribution >= 4 is 28.9 Å². The molecule has 31 heavy (non-hydrogen) atoms. The van der Waals surface area contributed by atoms with Gasteiger partial charge in [-0.1, -0.05) is 19.1 Å². The normalized spacial score (nSPS) is 15.9. The molecule has 2 N–H and O–H groups in total. The highest BCUT2D eigenvalue weighted by molar-refractivity contribution is 5.81. The summed E-state index contributed by atoms with van der Waals surface area (Å²) in [5.41, 5.74) is 5.12. The number of nitro groups is 2. The van der Waals surface area contributed by atoms with Crippen LogP contribution in [0.4, 0.5) is 23.0 Å². The Bertz CT molecular complexity index is 967. The van der Waals surface area contributed by atoms with Gasteiger partial charge in [0.2, 0.25) is 17.5 Å². The van der Waals surface area contributed by atoms with Crippen LogP contribution in [-0.2, 0) is 11.2 Å². The lowest BCUT2D eigenvalue weighted by Crippen LogP contribution is -2.40. The zero-order chi connectivity index (χ0) is 22.4. The molecule has 1 saturated heterocycles. The number of nitrogens with zero attached hydrogens (tertiary/aromatic N) is 5. The van der Waals surface area contributed by atoms with E-state index in [2.05, 4.69) is 20.8 Å². The third kappa shape index (κ3) is 5.21. The summed E-state index contributed by atoms with van der Waals surface area (Å²) in [5, 5.41) is 22.5. The molecule has 1 unspecified atom stereocenters. The fourth-order valence-corrected chi connectivity index (χ4v) is 3.64. The van der Waals surface area contributed by atoms with Crippen molar-refractivity contribution < 1.29 is 14.6 Å². The number of anilines is 2. The minimum absolute atomic E-state index is 0.0687. The SMILES string of the molecule is CCC1CCCCN1c1ncnc(NNC(=O)Cc2ccc([N+](=O)[O-])cc2)c1[N+](=O)[O-]. The number of rotatable bonds is 8. The number of aromatic nitrogens is 2. The lowest BCUT2D eigenvalue weighted by molar-refractivity contribution is -0.384. The predicted octanol–water partition coefficient (Wildman–Crippen LogP) is 2.75. The topological polar surface area (TPSA) is 156 Å². The van der Waals surface area contributed by atoms with Gasteiger partial charge in [-0.2, -0.15) is 0 Å². The second kappa shape index (κ2) is 9.78. The van der Waals surface area contributed by atoms with E-state index in [9.17, 15) is 25.0 Å². The first kappa shape index (κ1) is 21.9. The Morgan fingerprint density at radius 1 is 1.16 bits per heavy atom. The fourth-order valence-electron chi connectivity index (χ4n) is 3.64. The van der Waals surface area contributed by atoms with Crippen molar-refractivity contribution in [2.45, 2.75) is 45.1 Å². The second-order valence-corrected chi connectivity index (χ2v) is 7.18. The van der Waals surface area contributed by atoms with E-state index < -0.39 is 15.8 Å². The number of carbonyl (C=O) groups is 1. The summed E-state index contributed by atoms with van der Waals surface area (Å²) in [6, 6.07) is 5.72. The van der Waals surface area contributed by atoms with Gasteiger partial charge in [0, 0.05) is 24.7 Å². The Morgan fingerprint density at radius 2 is 1.90 bits per heavy atom. The van der Waals surface area contributed by atoms with E-state index >= 15 is 0 Å². The average Bonchev–Trinajstić information content (AvgIpc) is 2.77. The van der Waals surface area contributed by atoms with Crippen molar-refractivity contribution in [2.24, 2.45) is 0 Å². The number of hydrogen-bond acceptors (Lipinski definition) is 9. The van der Waals surface area contributed by atoms with E-state index in [0.717, 1.165) is 25.7 Å². The number of non-ortho nitro benzene ring substituents is 1. The van der Waals surface area contributed by atoms with E-state index in [1.165, 1.54) is 30.6 Å². The minimum Gasteiger partial charge on any atom is -0.348 e. The van der Waals surface area contributed by atoms with Crippen molar-refractivity contribution in [2.75, 3.05) is 16.9 Å². The molecule has 2 aromatic rings. The molecule has 1 atom stereocenters. The molecule has 1 aliphatic rings. The largest absolute Gasteiger partial charge is 0.355 e. The Labute approximate surface area is 178 Å². The van der Waals surface area contributed by atoms with Crippen LogP contribution in [0, 0.1) is 20.2 Å². The molecule has 0 spiro atoms. The summed E-state index contributed by atoms with van der Waals surface area (Å²) in [5.74, 6) is -0.348. The van der Waals surface area contributed by atoms with E-state index in [1.807, 2.05) is 11.8 Å². The van der Waals surface area contributed by atoms with Gasteiger partial charge in [-0.15, -0.1) is 0 Å². The van der Waals surface area contributed by atoms with Gasteiger partial charge >= 0.3 is 5.69 Å². The molecule has 0 bridgehead atoms. The number of nitro benzene ring substituents is 1. The zero-order valence-electron chi connectivity index (χ0n) is 17.0. The minimum atomic E-state index is -0.554. The van der Waals surface area contributed by atoms with Crippen LogP contribution >= 0.6 is 0 Å². The van der Waals surface area contributed by atoms with E-state index in [4.69, 9.17) is 0 Å². The number of piperidine rings is 1. The van der Waals surface area contributed by atoms with Gasteiger partial charge in [0.25, 0.3) is 5.69 Å². The Morgan fingerprint density at radius 3 is 2.55 bits per heavy atom. The number of hydrazine groups is 1. The van der Waals surface area contributed by atoms with Crippen LogP contribution in [0.1, 0.15) is 38.2 Å². The van der Waals surface area contributed by atoms with Gasteiger partial charge in [-0.3, -0.25) is 35.9 Å². The Balaban J connectivity index is 1.73. The predicted molar refractivity (Wildman–Crippen MR) is 113 cm³/mol. The Hall–Kier alpha value is -3.83. The number of nitrogens with one attached hydrogen (secondary N) is 2. The number of carbonyl (C=O) groups excluding carboxylic acids is 1. The molecule has 1 aromatic carbocycles. The van der Waals surface area contributed by atoms with Crippen LogP contribution < -0.4 is 15.8 Å². The zero-order valence-corrected chi connectivity index (χ0v) is 17.0. The van der Waals surface area contributed by atoms with Gasteiger partial charge in [-0.05, 0) is 31.2 Å². The van der Waals surface area contributed by atoms with Crippen molar-refractivity contribution in [3.05, 3.63) is 56.4 Å². The molecule has 1 fully saturated rings. The van der Waals surface area contributed by atoms with Crippen molar-refractivity contribution in [3.63, 3.8) is 0 Å². The van der Waals surface area contributed by atoms with Crippen LogP contribution in [-0.4, -0.2) is 38.3 Å². The molecule has 0 radical (unpaired) electrons. The maximum atomic E-state index is 12.2. The summed E-state index contributed by atoms with van der Waals surface area (Å²) < 4.78 is 0. The maximum Gasteiger partial charge on any atom is 0.355 e. The first-order valence-electron chi connectivity index (χ1n) is 9.95. The van der Waals surface area contributed by atoms with Gasteiger partial charge < -0.3 is 4.90 Å². The van der Waals surface area contributed by atoms with Crippen molar-refractivity contribution in [3.8, 4) is 0 Å². The molecule has 1 aliphatic heterocycles. The lowest BCUT2D eigenvalue weighted by Gasteiger charge is -2.35. The lowest BCUT2D eigenvalue weighted by atomic mass is 10.00. The molecule has 164 valence electrons. The molecule has 0 aliphatic carbocycles. The van der Waals surface area contributed by atoms with Crippen molar-refractivity contribution in [1.29, 1.82) is 0 Å². The van der Waals surface area contributed by atoms with Crippen molar-refractivity contribution in [1.82, 2.24) is 15.4 Å². The first-order valence-corrected chi connectivity index (χ1v) is 9.95. The first-order chi connectivity index (χ1) is 14.9. The third-order valence-corrected chi connectivity index (χ3v) is 5.19. The smallest absolute Gasteiger partial charge is 0.348 e. The number of benzene rings is 1. The molecule has 1 aromatic heterocycles. The van der Waals surface area contributed by atoms with E-state index in [1.54, 1.807) is 0 Å². The second-order valence-electron chi connectivity index (χ2n) is 7.18. The summed E-state index contributed by atoms with van der Waals surface area (Å²) in [6.45, 7) is 2.70. The molecule has 1 amide bonds. The molecule has 12 heteroatoms. The van der Waals surface area contributed by atoms with Gasteiger partial charge in [0.05, 0.1) is 16.3 Å². The van der Waals surface area contributed by atoms with Crippen LogP contribution in [0.3, 0.4) is 0 Å². The molecule has 3 rings (SSSR count). The van der Waals surface area contributed by atoms with Gasteiger partial charge in [0.15, 0.2) is 0 Å². The molecule has 2 heterocycles. The molecular weight excluding hydrogens is 406 g/mol. The maximum absolute atomic E-state index is 12.2. The fraction of sp³-hybridized carbons (Fsp3) is 0.421. The van der Waals surface area contributed by atoms with Gasteiger partial charge in [0.1, 0.15) is 6.33 Å². The highest BCUT2D eigenvalue weighted by atomic mass is 16.6. The molecular formula is C19H23N7O5. The number of amides is 1. The monoisotopic (exact) mass is 429 g/mol. The summed E-state index contributed by atoms with van der Waals surface area (Å²) >= 11 is 0. The summed E-state index contributed by atoms with van der Waals surface area (Å²) in [6.07, 6.45) is 4.93. The number of hydrogen-bond donors (Lipinski definition) is 2. The molecule has 0 saturated carbocycles. The highest BCUT2D eigenvalue weighted by Gasteiger charge is 2.32. The van der Waals surface area contributed by atoms with E-state index in [-0.39, 0.29) is 35.5 Å². The van der Waals surface area contributed by atoms with Gasteiger partial charge in [-0.25, -0.2) is 9.97 Å². The molecule has 12 nitrogen and oxygen atoms in total. The summed E-state index contributed by atoms with van der Waals surface area (Å²) in [4.78, 5) is 43.7. The van der Waals surface area contributed by atoms with Crippen LogP contribution in [0.25, 0.3) is 0 Å². The average molecular weight is 429 g/mol. The highest BCUT2D eigenvalue weighted by Crippen LogP contribution is 2.35.